The van der Waals surface area contributed by atoms with Crippen LogP contribution in [0.2, 0.25) is 0 Å². The highest BCUT2D eigenvalue weighted by atomic mass is 19.1. The van der Waals surface area contributed by atoms with Crippen LogP contribution < -0.4 is 19.7 Å². The lowest BCUT2D eigenvalue weighted by atomic mass is 9.94. The van der Waals surface area contributed by atoms with Crippen molar-refractivity contribution in [1.82, 2.24) is 25.2 Å². The molecular formula is C34H35F3N6O3. The van der Waals surface area contributed by atoms with Gasteiger partial charge in [0, 0.05) is 37.2 Å². The predicted octanol–water partition coefficient (Wildman–Crippen LogP) is 5.05. The second-order valence-electron chi connectivity index (χ2n) is 13.5. The molecule has 7 heterocycles. The number of anilines is 1. The Morgan fingerprint density at radius 2 is 2.02 bits per heavy atom. The fraction of sp³-hybridized carbons (Fsp3) is 0.500. The average molecular weight is 633 g/mol. The lowest BCUT2D eigenvalue weighted by molar-refractivity contribution is 0.107. The van der Waals surface area contributed by atoms with Crippen molar-refractivity contribution < 1.29 is 27.8 Å². The summed E-state index contributed by atoms with van der Waals surface area (Å²) in [6.45, 7) is 4.21. The molecule has 2 aromatic heterocycles. The average Bonchev–Trinajstić information content (AvgIpc) is 3.68. The second kappa shape index (κ2) is 10.3. The first kappa shape index (κ1) is 28.3. The van der Waals surface area contributed by atoms with Crippen molar-refractivity contribution in [2.45, 2.75) is 75.3 Å². The van der Waals surface area contributed by atoms with Crippen molar-refractivity contribution in [3.8, 4) is 28.9 Å². The van der Waals surface area contributed by atoms with Gasteiger partial charge in [-0.15, -0.1) is 0 Å². The van der Waals surface area contributed by atoms with Crippen LogP contribution in [0.5, 0.6) is 17.6 Å². The number of aromatic hydroxyl groups is 1. The van der Waals surface area contributed by atoms with E-state index in [0.29, 0.717) is 60.1 Å². The number of piperazine rings is 1. The Bertz CT molecular complexity index is 1910. The van der Waals surface area contributed by atoms with Gasteiger partial charge in [-0.05, 0) is 73.2 Å². The Balaban J connectivity index is 1.24. The fourth-order valence-electron chi connectivity index (χ4n) is 8.84. The molecule has 4 saturated heterocycles. The summed E-state index contributed by atoms with van der Waals surface area (Å²) in [5.41, 5.74) is 0.0926. The van der Waals surface area contributed by atoms with Gasteiger partial charge < -0.3 is 24.8 Å². The SMILES string of the molecule is CCc1c(F)ccc2cc(O)cc(-c3nc4c5c(nc(OC[C@@]67CCCN6C[C@@H](F)C7)nc5c3F)N3C[C@H]5CC[C@H](N5)[C@@H]3CO4)c12. The number of pyridine rings is 1. The van der Waals surface area contributed by atoms with E-state index in [0.717, 1.165) is 32.2 Å². The summed E-state index contributed by atoms with van der Waals surface area (Å²) in [6.07, 6.45) is 3.62. The summed E-state index contributed by atoms with van der Waals surface area (Å²) in [5, 5.41) is 15.8. The van der Waals surface area contributed by atoms with E-state index in [1.165, 1.54) is 18.2 Å². The first-order valence-electron chi connectivity index (χ1n) is 16.3. The smallest absolute Gasteiger partial charge is 0.319 e. The Labute approximate surface area is 263 Å². The number of halogens is 3. The van der Waals surface area contributed by atoms with Gasteiger partial charge in [0.25, 0.3) is 0 Å². The van der Waals surface area contributed by atoms with Crippen LogP contribution in [0.4, 0.5) is 19.0 Å². The number of aromatic nitrogens is 3. The number of benzene rings is 2. The van der Waals surface area contributed by atoms with Crippen LogP contribution in [0.15, 0.2) is 24.3 Å². The number of nitrogens with zero attached hydrogens (tertiary/aromatic N) is 5. The maximum Gasteiger partial charge on any atom is 0.319 e. The molecule has 5 aliphatic heterocycles. The van der Waals surface area contributed by atoms with E-state index in [-0.39, 0.29) is 59.1 Å². The van der Waals surface area contributed by atoms with Crippen molar-refractivity contribution in [2.75, 3.05) is 37.7 Å². The molecule has 0 spiro atoms. The summed E-state index contributed by atoms with van der Waals surface area (Å²) in [4.78, 5) is 18.6. The summed E-state index contributed by atoms with van der Waals surface area (Å²) < 4.78 is 59.3. The Morgan fingerprint density at radius 1 is 1.13 bits per heavy atom. The molecule has 12 heteroatoms. The number of phenolic OH excluding ortho intramolecular Hbond substituents is 1. The Hall–Kier alpha value is -3.90. The number of phenols is 1. The van der Waals surface area contributed by atoms with Gasteiger partial charge >= 0.3 is 6.01 Å². The van der Waals surface area contributed by atoms with Gasteiger partial charge in [0.1, 0.15) is 53.4 Å². The zero-order valence-electron chi connectivity index (χ0n) is 25.5. The summed E-state index contributed by atoms with van der Waals surface area (Å²) in [7, 11) is 0. The van der Waals surface area contributed by atoms with E-state index in [9.17, 15) is 9.50 Å². The van der Waals surface area contributed by atoms with Crippen LogP contribution in [0.3, 0.4) is 0 Å². The minimum atomic E-state index is -0.913. The maximum atomic E-state index is 17.1. The lowest BCUT2D eigenvalue weighted by Gasteiger charge is -2.40. The van der Waals surface area contributed by atoms with Gasteiger partial charge in [-0.2, -0.15) is 9.97 Å². The van der Waals surface area contributed by atoms with Crippen LogP contribution >= 0.6 is 0 Å². The van der Waals surface area contributed by atoms with E-state index < -0.39 is 23.3 Å². The first-order chi connectivity index (χ1) is 22.3. The van der Waals surface area contributed by atoms with Crippen LogP contribution in [0.25, 0.3) is 32.9 Å². The third kappa shape index (κ3) is 4.18. The van der Waals surface area contributed by atoms with Crippen molar-refractivity contribution in [2.24, 2.45) is 0 Å². The summed E-state index contributed by atoms with van der Waals surface area (Å²) >= 11 is 0. The predicted molar refractivity (Wildman–Crippen MR) is 166 cm³/mol. The van der Waals surface area contributed by atoms with Gasteiger partial charge in [-0.3, -0.25) is 4.90 Å². The molecule has 5 atom stereocenters. The van der Waals surface area contributed by atoms with E-state index in [4.69, 9.17) is 19.4 Å². The van der Waals surface area contributed by atoms with Crippen molar-refractivity contribution >= 4 is 27.5 Å². The second-order valence-corrected chi connectivity index (χ2v) is 13.5. The maximum absolute atomic E-state index is 17.1. The topological polar surface area (TPSA) is 95.9 Å². The number of hydrogen-bond donors (Lipinski definition) is 2. The monoisotopic (exact) mass is 632 g/mol. The molecule has 4 aromatic rings. The highest BCUT2D eigenvalue weighted by Gasteiger charge is 2.50. The molecule has 4 fully saturated rings. The molecule has 0 radical (unpaired) electrons. The molecule has 9 rings (SSSR count). The van der Waals surface area contributed by atoms with Crippen LogP contribution in [0.1, 0.15) is 44.6 Å². The normalized spacial score (nSPS) is 28.4. The first-order valence-corrected chi connectivity index (χ1v) is 16.3. The van der Waals surface area contributed by atoms with Crippen LogP contribution in [-0.4, -0.2) is 87.6 Å². The zero-order valence-corrected chi connectivity index (χ0v) is 25.5. The van der Waals surface area contributed by atoms with E-state index in [1.807, 2.05) is 6.92 Å². The molecular weight excluding hydrogens is 597 g/mol. The minimum absolute atomic E-state index is 0.0145. The number of rotatable bonds is 5. The number of aryl methyl sites for hydroxylation is 1. The van der Waals surface area contributed by atoms with Gasteiger partial charge in [0.05, 0.1) is 11.6 Å². The standard InChI is InChI=1S/C34H35F3N6O3/c1-2-21-23(36)6-4-17-10-20(44)11-22(26(17)21)29-28(37)30-27-31(43-14-19-5-7-24(38-19)25(43)15-45-32(27)39-29)41-33(40-30)46-16-34-8-3-9-42(34)13-18(35)12-34/h4,6,10-11,18-19,24-25,38,44H,2-3,5,7-9,12-16H2,1H3/t18-,19+,24-,25-,34-/m0/s1. The molecule has 0 saturated carbocycles. The van der Waals surface area contributed by atoms with E-state index in [1.54, 1.807) is 6.07 Å². The Morgan fingerprint density at radius 3 is 2.89 bits per heavy atom. The third-order valence-corrected chi connectivity index (χ3v) is 10.9. The quantitative estimate of drug-likeness (QED) is 0.314. The van der Waals surface area contributed by atoms with Gasteiger partial charge in [0.2, 0.25) is 5.88 Å². The molecule has 0 aliphatic carbocycles. The van der Waals surface area contributed by atoms with Crippen LogP contribution in [0, 0.1) is 11.6 Å². The number of alkyl halides is 1. The van der Waals surface area contributed by atoms with Crippen LogP contribution in [-0.2, 0) is 6.42 Å². The Kier molecular flexibility index (Phi) is 6.34. The molecule has 9 nitrogen and oxygen atoms in total. The number of fused-ring (bicyclic) bond motifs is 7. The molecule has 240 valence electrons. The summed E-state index contributed by atoms with van der Waals surface area (Å²) in [6, 6.07) is 6.25. The largest absolute Gasteiger partial charge is 0.508 e. The summed E-state index contributed by atoms with van der Waals surface area (Å²) in [5.74, 6) is -0.568. The fourth-order valence-corrected chi connectivity index (χ4v) is 8.84. The van der Waals surface area contributed by atoms with Gasteiger partial charge in [0.15, 0.2) is 5.82 Å². The molecule has 5 aliphatic rings. The molecule has 2 N–H and O–H groups in total. The van der Waals surface area contributed by atoms with Gasteiger partial charge in [-0.1, -0.05) is 13.0 Å². The van der Waals surface area contributed by atoms with Crippen molar-refractivity contribution in [3.63, 3.8) is 0 Å². The lowest BCUT2D eigenvalue weighted by Crippen LogP contribution is -2.60. The molecule has 0 amide bonds. The molecule has 2 bridgehead atoms. The van der Waals surface area contributed by atoms with Gasteiger partial charge in [-0.25, -0.2) is 18.2 Å². The highest BCUT2D eigenvalue weighted by molar-refractivity contribution is 6.03. The van der Waals surface area contributed by atoms with E-state index in [2.05, 4.69) is 20.1 Å². The highest BCUT2D eigenvalue weighted by Crippen LogP contribution is 2.45. The number of ether oxygens (including phenoxy) is 2. The van der Waals surface area contributed by atoms with Crippen molar-refractivity contribution in [1.29, 1.82) is 0 Å². The third-order valence-electron chi connectivity index (χ3n) is 10.9. The molecule has 2 aromatic carbocycles. The minimum Gasteiger partial charge on any atom is -0.508 e. The molecule has 46 heavy (non-hydrogen) atoms. The number of nitrogens with one attached hydrogen (secondary N) is 1. The van der Waals surface area contributed by atoms with E-state index >= 15 is 8.78 Å². The molecule has 0 unspecified atom stereocenters. The number of hydrogen-bond acceptors (Lipinski definition) is 9. The zero-order chi connectivity index (χ0) is 31.3. The van der Waals surface area contributed by atoms with Crippen molar-refractivity contribution in [3.05, 3.63) is 41.5 Å².